The highest BCUT2D eigenvalue weighted by Crippen LogP contribution is 2.27. The normalized spacial score (nSPS) is 22.0. The lowest BCUT2D eigenvalue weighted by Gasteiger charge is -2.23. The quantitative estimate of drug-likeness (QED) is 0.927. The zero-order valence-electron chi connectivity index (χ0n) is 13.9. The van der Waals surface area contributed by atoms with Crippen LogP contribution in [-0.4, -0.2) is 40.2 Å². The van der Waals surface area contributed by atoms with Crippen molar-refractivity contribution in [2.45, 2.75) is 59.1 Å². The number of hydrogen-bond acceptors (Lipinski definition) is 2. The number of aliphatic hydroxyl groups excluding tert-OH is 1. The van der Waals surface area contributed by atoms with Gasteiger partial charge in [-0.2, -0.15) is 0 Å². The molecule has 1 heterocycles. The zero-order valence-corrected chi connectivity index (χ0v) is 13.9. The van der Waals surface area contributed by atoms with Gasteiger partial charge in [-0.3, -0.25) is 4.79 Å². The number of aliphatic hydroxyl groups is 1. The van der Waals surface area contributed by atoms with Crippen LogP contribution in [0.1, 0.15) is 60.9 Å². The smallest absolute Gasteiger partial charge is 0.255 e. The van der Waals surface area contributed by atoms with Gasteiger partial charge in [-0.1, -0.05) is 6.42 Å². The Balaban J connectivity index is 2.14. The molecule has 4 nitrogen and oxygen atoms in total. The molecule has 1 N–H and O–H groups in total. The molecule has 1 aromatic heterocycles. The van der Waals surface area contributed by atoms with Crippen molar-refractivity contribution in [3.8, 4) is 0 Å². The number of nitrogens with zero attached hydrogens (tertiary/aromatic N) is 2. The molecule has 21 heavy (non-hydrogen) atoms. The molecule has 0 radical (unpaired) electrons. The third-order valence-corrected chi connectivity index (χ3v) is 4.71. The first-order valence-corrected chi connectivity index (χ1v) is 7.94. The van der Waals surface area contributed by atoms with Gasteiger partial charge in [0.15, 0.2) is 0 Å². The minimum atomic E-state index is -0.247. The molecule has 1 amide bonds. The van der Waals surface area contributed by atoms with Crippen molar-refractivity contribution in [2.75, 3.05) is 13.6 Å². The van der Waals surface area contributed by atoms with Gasteiger partial charge >= 0.3 is 0 Å². The molecule has 118 valence electrons. The SMILES string of the molecule is Cc1cc(C(=O)N(C)CC2CCCC2O)c(C)n1C(C)C. The molecule has 1 aliphatic carbocycles. The Morgan fingerprint density at radius 2 is 2.10 bits per heavy atom. The van der Waals surface area contributed by atoms with E-state index in [4.69, 9.17) is 0 Å². The summed E-state index contributed by atoms with van der Waals surface area (Å²) >= 11 is 0. The van der Waals surface area contributed by atoms with Gasteiger partial charge in [0.2, 0.25) is 0 Å². The van der Waals surface area contributed by atoms with E-state index in [1.807, 2.05) is 27.0 Å². The van der Waals surface area contributed by atoms with Crippen molar-refractivity contribution in [2.24, 2.45) is 5.92 Å². The monoisotopic (exact) mass is 292 g/mol. The zero-order chi connectivity index (χ0) is 15.7. The maximum Gasteiger partial charge on any atom is 0.255 e. The molecule has 1 saturated carbocycles. The predicted molar refractivity (Wildman–Crippen MR) is 84.6 cm³/mol. The van der Waals surface area contributed by atoms with Gasteiger partial charge in [0.05, 0.1) is 11.7 Å². The fourth-order valence-corrected chi connectivity index (χ4v) is 3.66. The van der Waals surface area contributed by atoms with Gasteiger partial charge in [0.25, 0.3) is 5.91 Å². The Labute approximate surface area is 127 Å². The summed E-state index contributed by atoms with van der Waals surface area (Å²) in [6, 6.07) is 2.34. The highest BCUT2D eigenvalue weighted by atomic mass is 16.3. The molecular weight excluding hydrogens is 264 g/mol. The van der Waals surface area contributed by atoms with Crippen LogP contribution in [0.3, 0.4) is 0 Å². The van der Waals surface area contributed by atoms with E-state index < -0.39 is 0 Å². The van der Waals surface area contributed by atoms with E-state index in [-0.39, 0.29) is 17.9 Å². The molecule has 2 rings (SSSR count). The summed E-state index contributed by atoms with van der Waals surface area (Å²) in [6.07, 6.45) is 2.71. The van der Waals surface area contributed by atoms with E-state index in [2.05, 4.69) is 18.4 Å². The average molecular weight is 292 g/mol. The summed E-state index contributed by atoms with van der Waals surface area (Å²) in [7, 11) is 1.84. The largest absolute Gasteiger partial charge is 0.393 e. The number of carbonyl (C=O) groups excluding carboxylic acids is 1. The van der Waals surface area contributed by atoms with Gasteiger partial charge in [-0.15, -0.1) is 0 Å². The van der Waals surface area contributed by atoms with Crippen molar-refractivity contribution >= 4 is 5.91 Å². The number of carbonyl (C=O) groups is 1. The van der Waals surface area contributed by atoms with E-state index in [9.17, 15) is 9.90 Å². The fraction of sp³-hybridized carbons (Fsp3) is 0.706. The maximum absolute atomic E-state index is 12.7. The number of aromatic nitrogens is 1. The van der Waals surface area contributed by atoms with E-state index in [0.29, 0.717) is 12.6 Å². The van der Waals surface area contributed by atoms with E-state index in [1.54, 1.807) is 4.90 Å². The molecule has 0 spiro atoms. The molecule has 1 fully saturated rings. The lowest BCUT2D eigenvalue weighted by atomic mass is 10.1. The van der Waals surface area contributed by atoms with Gasteiger partial charge < -0.3 is 14.6 Å². The van der Waals surface area contributed by atoms with Crippen LogP contribution in [0.4, 0.5) is 0 Å². The number of rotatable bonds is 4. The van der Waals surface area contributed by atoms with E-state index >= 15 is 0 Å². The van der Waals surface area contributed by atoms with Crippen molar-refractivity contribution < 1.29 is 9.90 Å². The van der Waals surface area contributed by atoms with Crippen LogP contribution in [0.5, 0.6) is 0 Å². The first-order chi connectivity index (χ1) is 9.82. The molecule has 0 aromatic carbocycles. The summed E-state index contributed by atoms with van der Waals surface area (Å²) in [5, 5.41) is 9.92. The minimum Gasteiger partial charge on any atom is -0.393 e. The van der Waals surface area contributed by atoms with Crippen LogP contribution in [0.15, 0.2) is 6.07 Å². The summed E-state index contributed by atoms with van der Waals surface area (Å²) in [5.41, 5.74) is 2.95. The second kappa shape index (κ2) is 6.22. The van der Waals surface area contributed by atoms with Crippen LogP contribution in [-0.2, 0) is 0 Å². The molecule has 1 aliphatic rings. The summed E-state index contributed by atoms with van der Waals surface area (Å²) < 4.78 is 2.20. The first kappa shape index (κ1) is 16.1. The van der Waals surface area contributed by atoms with Crippen LogP contribution in [0.25, 0.3) is 0 Å². The molecule has 2 atom stereocenters. The third-order valence-electron chi connectivity index (χ3n) is 4.71. The number of amides is 1. The maximum atomic E-state index is 12.7. The second-order valence-corrected chi connectivity index (χ2v) is 6.69. The van der Waals surface area contributed by atoms with Gasteiger partial charge in [-0.25, -0.2) is 0 Å². The number of hydrogen-bond donors (Lipinski definition) is 1. The Morgan fingerprint density at radius 3 is 2.57 bits per heavy atom. The molecule has 0 aliphatic heterocycles. The van der Waals surface area contributed by atoms with Gasteiger partial charge in [-0.05, 0) is 46.6 Å². The summed E-state index contributed by atoms with van der Waals surface area (Å²) in [4.78, 5) is 14.4. The lowest BCUT2D eigenvalue weighted by molar-refractivity contribution is 0.0693. The molecule has 1 aromatic rings. The van der Waals surface area contributed by atoms with Gasteiger partial charge in [0.1, 0.15) is 0 Å². The highest BCUT2D eigenvalue weighted by Gasteiger charge is 2.28. The topological polar surface area (TPSA) is 45.5 Å². The Bertz CT molecular complexity index is 519. The van der Waals surface area contributed by atoms with E-state index in [1.165, 1.54) is 0 Å². The van der Waals surface area contributed by atoms with Crippen LogP contribution in [0, 0.1) is 19.8 Å². The van der Waals surface area contributed by atoms with Crippen LogP contribution < -0.4 is 0 Å². The summed E-state index contributed by atoms with van der Waals surface area (Å²) in [5.74, 6) is 0.293. The average Bonchev–Trinajstić information content (AvgIpc) is 2.92. The van der Waals surface area contributed by atoms with E-state index in [0.717, 1.165) is 36.2 Å². The molecule has 4 heteroatoms. The minimum absolute atomic E-state index is 0.0640. The highest BCUT2D eigenvalue weighted by molar-refractivity contribution is 5.95. The Hall–Kier alpha value is -1.29. The van der Waals surface area contributed by atoms with Crippen molar-refractivity contribution in [1.29, 1.82) is 0 Å². The fourth-order valence-electron chi connectivity index (χ4n) is 3.66. The molecule has 0 bridgehead atoms. The molecule has 2 unspecified atom stereocenters. The van der Waals surface area contributed by atoms with Gasteiger partial charge in [0, 0.05) is 36.9 Å². The van der Waals surface area contributed by atoms with Crippen molar-refractivity contribution in [3.05, 3.63) is 23.0 Å². The Morgan fingerprint density at radius 1 is 1.43 bits per heavy atom. The van der Waals surface area contributed by atoms with Crippen molar-refractivity contribution in [1.82, 2.24) is 9.47 Å². The standard InChI is InChI=1S/C17H28N2O2/c1-11(2)19-12(3)9-15(13(19)4)17(21)18(5)10-14-7-6-8-16(14)20/h9,11,14,16,20H,6-8,10H2,1-5H3. The number of aryl methyl sites for hydroxylation is 1. The summed E-state index contributed by atoms with van der Waals surface area (Å²) in [6.45, 7) is 8.97. The Kier molecular flexibility index (Phi) is 4.77. The molecular formula is C17H28N2O2. The second-order valence-electron chi connectivity index (χ2n) is 6.69. The van der Waals surface area contributed by atoms with Crippen molar-refractivity contribution in [3.63, 3.8) is 0 Å². The van der Waals surface area contributed by atoms with Crippen LogP contribution >= 0.6 is 0 Å². The molecule has 0 saturated heterocycles. The van der Waals surface area contributed by atoms with Crippen LogP contribution in [0.2, 0.25) is 0 Å². The third kappa shape index (κ3) is 3.15. The lowest BCUT2D eigenvalue weighted by Crippen LogP contribution is -2.34. The first-order valence-electron chi connectivity index (χ1n) is 7.94. The predicted octanol–water partition coefficient (Wildman–Crippen LogP) is 2.92.